The lowest BCUT2D eigenvalue weighted by atomic mass is 9.84. The second kappa shape index (κ2) is 5.36. The highest BCUT2D eigenvalue weighted by molar-refractivity contribution is 5.86. The van der Waals surface area contributed by atoms with Crippen molar-refractivity contribution in [2.75, 3.05) is 7.11 Å². The van der Waals surface area contributed by atoms with Crippen molar-refractivity contribution in [3.05, 3.63) is 23.7 Å². The molecule has 4 heteroatoms. The van der Waals surface area contributed by atoms with E-state index < -0.39 is 12.1 Å². The molecule has 0 amide bonds. The molecule has 1 atom stereocenters. The molecule has 1 saturated carbocycles. The zero-order chi connectivity index (χ0) is 12.3. The maximum atomic E-state index is 11.2. The molecule has 94 valence electrons. The minimum Gasteiger partial charge on any atom is -0.463 e. The van der Waals surface area contributed by atoms with Gasteiger partial charge in [-0.15, -0.1) is 0 Å². The van der Waals surface area contributed by atoms with Crippen molar-refractivity contribution in [1.29, 1.82) is 0 Å². The van der Waals surface area contributed by atoms with E-state index in [1.165, 1.54) is 13.5 Å². The molecular weight excluding hydrogens is 220 g/mol. The van der Waals surface area contributed by atoms with Gasteiger partial charge in [0.2, 0.25) is 5.76 Å². The molecule has 1 aromatic heterocycles. The van der Waals surface area contributed by atoms with Gasteiger partial charge in [0.25, 0.3) is 0 Å². The van der Waals surface area contributed by atoms with Crippen LogP contribution < -0.4 is 0 Å². The Morgan fingerprint density at radius 2 is 2.12 bits per heavy atom. The van der Waals surface area contributed by atoms with Crippen LogP contribution in [0.4, 0.5) is 0 Å². The van der Waals surface area contributed by atoms with Crippen LogP contribution in [0, 0.1) is 5.92 Å². The highest BCUT2D eigenvalue weighted by Gasteiger charge is 2.26. The van der Waals surface area contributed by atoms with Gasteiger partial charge in [-0.3, -0.25) is 0 Å². The van der Waals surface area contributed by atoms with E-state index in [0.29, 0.717) is 5.76 Å². The summed E-state index contributed by atoms with van der Waals surface area (Å²) in [5.74, 6) is 0.363. The molecule has 1 fully saturated rings. The van der Waals surface area contributed by atoms with Gasteiger partial charge < -0.3 is 14.3 Å². The van der Waals surface area contributed by atoms with E-state index in [-0.39, 0.29) is 11.7 Å². The molecule has 0 bridgehead atoms. The molecule has 1 aliphatic carbocycles. The molecule has 0 aliphatic heterocycles. The highest BCUT2D eigenvalue weighted by Crippen LogP contribution is 2.34. The summed E-state index contributed by atoms with van der Waals surface area (Å²) < 4.78 is 9.89. The standard InChI is InChI=1S/C13H18O4/c1-16-13(15)11-8-7-10(17-11)12(14)9-5-3-2-4-6-9/h7-9,12,14H,2-6H2,1H3. The predicted molar refractivity (Wildman–Crippen MR) is 61.6 cm³/mol. The number of carbonyl (C=O) groups is 1. The fraction of sp³-hybridized carbons (Fsp3) is 0.615. The maximum Gasteiger partial charge on any atom is 0.373 e. The average molecular weight is 238 g/mol. The van der Waals surface area contributed by atoms with Gasteiger partial charge in [0, 0.05) is 0 Å². The number of hydrogen-bond acceptors (Lipinski definition) is 4. The molecule has 0 aromatic carbocycles. The Labute approximate surface area is 101 Å². The van der Waals surface area contributed by atoms with Crippen molar-refractivity contribution in [2.24, 2.45) is 5.92 Å². The summed E-state index contributed by atoms with van der Waals surface area (Å²) in [7, 11) is 1.31. The van der Waals surface area contributed by atoms with Crippen LogP contribution in [0.3, 0.4) is 0 Å². The first kappa shape index (κ1) is 12.2. The first-order valence-corrected chi connectivity index (χ1v) is 6.08. The molecule has 2 rings (SSSR count). The number of methoxy groups -OCH3 is 1. The molecule has 1 aromatic rings. The number of aliphatic hydroxyl groups excluding tert-OH is 1. The van der Waals surface area contributed by atoms with E-state index in [0.717, 1.165) is 25.7 Å². The molecule has 1 unspecified atom stereocenters. The van der Waals surface area contributed by atoms with Crippen LogP contribution in [-0.4, -0.2) is 18.2 Å². The van der Waals surface area contributed by atoms with Gasteiger partial charge in [0.05, 0.1) is 7.11 Å². The molecule has 4 nitrogen and oxygen atoms in total. The fourth-order valence-corrected chi connectivity index (χ4v) is 2.40. The topological polar surface area (TPSA) is 59.7 Å². The molecular formula is C13H18O4. The minimum absolute atomic E-state index is 0.150. The van der Waals surface area contributed by atoms with Crippen LogP contribution >= 0.6 is 0 Å². The zero-order valence-electron chi connectivity index (χ0n) is 10.0. The van der Waals surface area contributed by atoms with Gasteiger partial charge in [-0.05, 0) is 30.9 Å². The van der Waals surface area contributed by atoms with E-state index in [4.69, 9.17) is 4.42 Å². The first-order valence-electron chi connectivity index (χ1n) is 6.08. The van der Waals surface area contributed by atoms with Gasteiger partial charge in [-0.2, -0.15) is 0 Å². The Hall–Kier alpha value is -1.29. The Morgan fingerprint density at radius 3 is 2.76 bits per heavy atom. The van der Waals surface area contributed by atoms with Crippen LogP contribution in [0.2, 0.25) is 0 Å². The zero-order valence-corrected chi connectivity index (χ0v) is 10.0. The second-order valence-electron chi connectivity index (χ2n) is 4.54. The first-order chi connectivity index (χ1) is 8.22. The Kier molecular flexibility index (Phi) is 3.84. The molecule has 17 heavy (non-hydrogen) atoms. The van der Waals surface area contributed by atoms with Crippen LogP contribution in [0.15, 0.2) is 16.5 Å². The maximum absolute atomic E-state index is 11.2. The SMILES string of the molecule is COC(=O)c1ccc(C(O)C2CCCCC2)o1. The molecule has 1 N–H and O–H groups in total. The summed E-state index contributed by atoms with van der Waals surface area (Å²) in [6.07, 6.45) is 5.01. The van der Waals surface area contributed by atoms with Crippen LogP contribution in [0.5, 0.6) is 0 Å². The third-order valence-electron chi connectivity index (χ3n) is 3.40. The van der Waals surface area contributed by atoms with Gasteiger partial charge >= 0.3 is 5.97 Å². The summed E-state index contributed by atoms with van der Waals surface area (Å²) >= 11 is 0. The summed E-state index contributed by atoms with van der Waals surface area (Å²) in [5, 5.41) is 10.2. The smallest absolute Gasteiger partial charge is 0.373 e. The summed E-state index contributed by atoms with van der Waals surface area (Å²) in [6.45, 7) is 0. The van der Waals surface area contributed by atoms with E-state index in [1.54, 1.807) is 12.1 Å². The third-order valence-corrected chi connectivity index (χ3v) is 3.40. The van der Waals surface area contributed by atoms with Crippen molar-refractivity contribution in [3.63, 3.8) is 0 Å². The van der Waals surface area contributed by atoms with Gasteiger partial charge in [-0.25, -0.2) is 4.79 Å². The number of hydrogen-bond donors (Lipinski definition) is 1. The largest absolute Gasteiger partial charge is 0.463 e. The fourth-order valence-electron chi connectivity index (χ4n) is 2.40. The predicted octanol–water partition coefficient (Wildman–Crippen LogP) is 2.68. The molecule has 0 spiro atoms. The van der Waals surface area contributed by atoms with Crippen molar-refractivity contribution in [2.45, 2.75) is 38.2 Å². The van der Waals surface area contributed by atoms with Gasteiger partial charge in [0.15, 0.2) is 0 Å². The molecule has 1 aliphatic rings. The van der Waals surface area contributed by atoms with Crippen LogP contribution in [0.1, 0.15) is 54.5 Å². The number of carbonyl (C=O) groups excluding carboxylic acids is 1. The summed E-state index contributed by atoms with van der Waals surface area (Å²) in [4.78, 5) is 11.2. The molecule has 1 heterocycles. The summed E-state index contributed by atoms with van der Waals surface area (Å²) in [5.41, 5.74) is 0. The van der Waals surface area contributed by atoms with Crippen molar-refractivity contribution >= 4 is 5.97 Å². The number of rotatable bonds is 3. The second-order valence-corrected chi connectivity index (χ2v) is 4.54. The van der Waals surface area contributed by atoms with Crippen LogP contribution in [-0.2, 0) is 4.74 Å². The van der Waals surface area contributed by atoms with Crippen molar-refractivity contribution < 1.29 is 19.1 Å². The summed E-state index contributed by atoms with van der Waals surface area (Å²) in [6, 6.07) is 3.21. The lowest BCUT2D eigenvalue weighted by molar-refractivity contribution is 0.0506. The van der Waals surface area contributed by atoms with Crippen molar-refractivity contribution in [1.82, 2.24) is 0 Å². The quantitative estimate of drug-likeness (QED) is 0.822. The van der Waals surface area contributed by atoms with E-state index in [2.05, 4.69) is 4.74 Å². The van der Waals surface area contributed by atoms with Crippen molar-refractivity contribution in [3.8, 4) is 0 Å². The minimum atomic E-state index is -0.603. The Balaban J connectivity index is 2.05. The van der Waals surface area contributed by atoms with E-state index in [1.807, 2.05) is 0 Å². The monoisotopic (exact) mass is 238 g/mol. The highest BCUT2D eigenvalue weighted by atomic mass is 16.5. The Bertz CT molecular complexity index is 377. The lowest BCUT2D eigenvalue weighted by Gasteiger charge is -2.25. The number of furan rings is 1. The number of esters is 1. The normalized spacial score (nSPS) is 18.9. The number of ether oxygens (including phenoxy) is 1. The van der Waals surface area contributed by atoms with Gasteiger partial charge in [-0.1, -0.05) is 19.3 Å². The van der Waals surface area contributed by atoms with E-state index >= 15 is 0 Å². The molecule has 0 saturated heterocycles. The number of aliphatic hydroxyl groups is 1. The average Bonchev–Trinajstić information content (AvgIpc) is 2.87. The van der Waals surface area contributed by atoms with E-state index in [9.17, 15) is 9.90 Å². The third kappa shape index (κ3) is 2.69. The lowest BCUT2D eigenvalue weighted by Crippen LogP contribution is -2.15. The van der Waals surface area contributed by atoms with Crippen LogP contribution in [0.25, 0.3) is 0 Å². The Morgan fingerprint density at radius 1 is 1.41 bits per heavy atom. The van der Waals surface area contributed by atoms with Gasteiger partial charge in [0.1, 0.15) is 11.9 Å². The molecule has 0 radical (unpaired) electrons.